The minimum absolute atomic E-state index is 0.179. The van der Waals surface area contributed by atoms with Gasteiger partial charge in [-0.3, -0.25) is 0 Å². The van der Waals surface area contributed by atoms with Crippen molar-refractivity contribution in [3.05, 3.63) is 29.8 Å². The highest BCUT2D eigenvalue weighted by atomic mass is 15.1. The van der Waals surface area contributed by atoms with E-state index < -0.39 is 0 Å². The molecule has 1 aliphatic rings. The van der Waals surface area contributed by atoms with Gasteiger partial charge in [-0.15, -0.1) is 0 Å². The SMILES string of the molecule is CC[C@@H](N)c1ccccc1N1CCCCC1. The lowest BCUT2D eigenvalue weighted by atomic mass is 10.0. The van der Waals surface area contributed by atoms with Crippen LogP contribution in [0.4, 0.5) is 5.69 Å². The maximum absolute atomic E-state index is 6.18. The first-order chi connectivity index (χ1) is 7.83. The van der Waals surface area contributed by atoms with Crippen LogP contribution in [0.3, 0.4) is 0 Å². The summed E-state index contributed by atoms with van der Waals surface area (Å²) in [6, 6.07) is 8.79. The molecule has 2 nitrogen and oxygen atoms in total. The van der Waals surface area contributed by atoms with E-state index in [1.165, 1.54) is 43.6 Å². The van der Waals surface area contributed by atoms with E-state index in [9.17, 15) is 0 Å². The third kappa shape index (κ3) is 2.38. The van der Waals surface area contributed by atoms with Gasteiger partial charge < -0.3 is 10.6 Å². The van der Waals surface area contributed by atoms with Gasteiger partial charge in [-0.1, -0.05) is 25.1 Å². The Bertz CT molecular complexity index is 329. The number of anilines is 1. The third-order valence-corrected chi connectivity index (χ3v) is 3.47. The maximum atomic E-state index is 6.18. The van der Waals surface area contributed by atoms with E-state index in [0.717, 1.165) is 6.42 Å². The second-order valence-electron chi connectivity index (χ2n) is 4.62. The van der Waals surface area contributed by atoms with Crippen molar-refractivity contribution in [1.82, 2.24) is 0 Å². The lowest BCUT2D eigenvalue weighted by molar-refractivity contribution is 0.572. The number of nitrogens with zero attached hydrogens (tertiary/aromatic N) is 1. The van der Waals surface area contributed by atoms with E-state index in [2.05, 4.69) is 36.1 Å². The quantitative estimate of drug-likeness (QED) is 0.844. The summed E-state index contributed by atoms with van der Waals surface area (Å²) in [5, 5.41) is 0. The molecule has 1 atom stereocenters. The first-order valence-corrected chi connectivity index (χ1v) is 6.42. The van der Waals surface area contributed by atoms with E-state index in [1.54, 1.807) is 0 Å². The molecule has 0 amide bonds. The molecule has 1 heterocycles. The molecule has 16 heavy (non-hydrogen) atoms. The second-order valence-corrected chi connectivity index (χ2v) is 4.62. The molecule has 88 valence electrons. The number of nitrogens with two attached hydrogens (primary N) is 1. The zero-order valence-corrected chi connectivity index (χ0v) is 10.2. The highest BCUT2D eigenvalue weighted by molar-refractivity contribution is 5.55. The normalized spacial score (nSPS) is 18.5. The Kier molecular flexibility index (Phi) is 3.83. The van der Waals surface area contributed by atoms with Gasteiger partial charge in [0, 0.05) is 24.8 Å². The number of para-hydroxylation sites is 1. The summed E-state index contributed by atoms with van der Waals surface area (Å²) >= 11 is 0. The van der Waals surface area contributed by atoms with Gasteiger partial charge in [-0.2, -0.15) is 0 Å². The molecule has 0 radical (unpaired) electrons. The summed E-state index contributed by atoms with van der Waals surface area (Å²) in [5.74, 6) is 0. The Labute approximate surface area is 98.4 Å². The van der Waals surface area contributed by atoms with E-state index in [1.807, 2.05) is 0 Å². The largest absolute Gasteiger partial charge is 0.371 e. The summed E-state index contributed by atoms with van der Waals surface area (Å²) in [5.41, 5.74) is 8.84. The average Bonchev–Trinajstić information content (AvgIpc) is 2.39. The van der Waals surface area contributed by atoms with Crippen LogP contribution in [0.5, 0.6) is 0 Å². The van der Waals surface area contributed by atoms with Gasteiger partial charge in [-0.05, 0) is 37.3 Å². The molecule has 1 aromatic carbocycles. The van der Waals surface area contributed by atoms with Crippen molar-refractivity contribution in [1.29, 1.82) is 0 Å². The van der Waals surface area contributed by atoms with E-state index in [4.69, 9.17) is 5.73 Å². The Morgan fingerprint density at radius 2 is 1.88 bits per heavy atom. The van der Waals surface area contributed by atoms with Gasteiger partial charge in [0.1, 0.15) is 0 Å². The van der Waals surface area contributed by atoms with E-state index in [0.29, 0.717) is 0 Å². The fourth-order valence-electron chi connectivity index (χ4n) is 2.44. The molecule has 0 saturated carbocycles. The van der Waals surface area contributed by atoms with Crippen LogP contribution in [0, 0.1) is 0 Å². The third-order valence-electron chi connectivity index (χ3n) is 3.47. The summed E-state index contributed by atoms with van der Waals surface area (Å²) < 4.78 is 0. The summed E-state index contributed by atoms with van der Waals surface area (Å²) in [4.78, 5) is 2.49. The van der Waals surface area contributed by atoms with Crippen LogP contribution in [0.1, 0.15) is 44.2 Å². The predicted octanol–water partition coefficient (Wildman–Crippen LogP) is 3.09. The Balaban J connectivity index is 2.24. The fourth-order valence-corrected chi connectivity index (χ4v) is 2.44. The van der Waals surface area contributed by atoms with Crippen LogP contribution >= 0.6 is 0 Å². The second kappa shape index (κ2) is 5.35. The van der Waals surface area contributed by atoms with Crippen LogP contribution < -0.4 is 10.6 Å². The van der Waals surface area contributed by atoms with Crippen LogP contribution in [-0.4, -0.2) is 13.1 Å². The number of rotatable bonds is 3. The standard InChI is InChI=1S/C14H22N2/c1-2-13(15)12-8-4-5-9-14(12)16-10-6-3-7-11-16/h4-5,8-9,13H,2-3,6-7,10-11,15H2,1H3/t13-/m1/s1. The van der Waals surface area contributed by atoms with Crippen LogP contribution in [0.15, 0.2) is 24.3 Å². The Hall–Kier alpha value is -1.02. The zero-order chi connectivity index (χ0) is 11.4. The molecule has 1 aromatic rings. The molecule has 0 bridgehead atoms. The van der Waals surface area contributed by atoms with Gasteiger partial charge in [0.05, 0.1) is 0 Å². The van der Waals surface area contributed by atoms with Crippen molar-refractivity contribution < 1.29 is 0 Å². The molecule has 2 heteroatoms. The maximum Gasteiger partial charge on any atom is 0.0414 e. The van der Waals surface area contributed by atoms with Gasteiger partial charge in [0.2, 0.25) is 0 Å². The van der Waals surface area contributed by atoms with E-state index in [-0.39, 0.29) is 6.04 Å². The average molecular weight is 218 g/mol. The first-order valence-electron chi connectivity index (χ1n) is 6.42. The van der Waals surface area contributed by atoms with Gasteiger partial charge in [0.15, 0.2) is 0 Å². The van der Waals surface area contributed by atoms with Crippen molar-refractivity contribution >= 4 is 5.69 Å². The monoisotopic (exact) mass is 218 g/mol. The number of hydrogen-bond donors (Lipinski definition) is 1. The van der Waals surface area contributed by atoms with Crippen LogP contribution in [0.2, 0.25) is 0 Å². The van der Waals surface area contributed by atoms with Crippen LogP contribution in [-0.2, 0) is 0 Å². The Morgan fingerprint density at radius 3 is 2.56 bits per heavy atom. The smallest absolute Gasteiger partial charge is 0.0414 e. The number of benzene rings is 1. The lowest BCUT2D eigenvalue weighted by Gasteiger charge is -2.31. The molecule has 0 aliphatic carbocycles. The van der Waals surface area contributed by atoms with Gasteiger partial charge in [0.25, 0.3) is 0 Å². The molecule has 1 aliphatic heterocycles. The highest BCUT2D eigenvalue weighted by Crippen LogP contribution is 2.28. The van der Waals surface area contributed by atoms with Crippen molar-refractivity contribution in [2.75, 3.05) is 18.0 Å². The Morgan fingerprint density at radius 1 is 1.19 bits per heavy atom. The first kappa shape index (κ1) is 11.5. The van der Waals surface area contributed by atoms with Crippen LogP contribution in [0.25, 0.3) is 0 Å². The van der Waals surface area contributed by atoms with Crippen molar-refractivity contribution in [2.45, 2.75) is 38.6 Å². The van der Waals surface area contributed by atoms with Crippen molar-refractivity contribution in [3.8, 4) is 0 Å². The molecular formula is C14H22N2. The molecule has 1 fully saturated rings. The molecule has 0 spiro atoms. The fraction of sp³-hybridized carbons (Fsp3) is 0.571. The summed E-state index contributed by atoms with van der Waals surface area (Å²) in [6.45, 7) is 4.53. The molecular weight excluding hydrogens is 196 g/mol. The minimum atomic E-state index is 0.179. The lowest BCUT2D eigenvalue weighted by Crippen LogP contribution is -2.31. The molecule has 0 unspecified atom stereocenters. The van der Waals surface area contributed by atoms with Gasteiger partial charge >= 0.3 is 0 Å². The van der Waals surface area contributed by atoms with Crippen molar-refractivity contribution in [2.24, 2.45) is 5.73 Å². The topological polar surface area (TPSA) is 29.3 Å². The minimum Gasteiger partial charge on any atom is -0.371 e. The predicted molar refractivity (Wildman–Crippen MR) is 69.7 cm³/mol. The summed E-state index contributed by atoms with van der Waals surface area (Å²) in [6.07, 6.45) is 5.01. The zero-order valence-electron chi connectivity index (χ0n) is 10.2. The van der Waals surface area contributed by atoms with Crippen molar-refractivity contribution in [3.63, 3.8) is 0 Å². The van der Waals surface area contributed by atoms with Gasteiger partial charge in [-0.25, -0.2) is 0 Å². The highest BCUT2D eigenvalue weighted by Gasteiger charge is 2.16. The number of piperidine rings is 1. The molecule has 1 saturated heterocycles. The molecule has 0 aromatic heterocycles. The summed E-state index contributed by atoms with van der Waals surface area (Å²) in [7, 11) is 0. The molecule has 2 rings (SSSR count). The number of hydrogen-bond acceptors (Lipinski definition) is 2. The molecule has 2 N–H and O–H groups in total. The van der Waals surface area contributed by atoms with E-state index >= 15 is 0 Å².